The van der Waals surface area contributed by atoms with E-state index in [0.717, 1.165) is 11.1 Å². The number of hydrogen-bond acceptors (Lipinski definition) is 7. The van der Waals surface area contributed by atoms with Gasteiger partial charge in [0.05, 0.1) is 29.3 Å². The number of anilines is 1. The molecule has 0 aliphatic rings. The lowest BCUT2D eigenvalue weighted by Gasteiger charge is -2.06. The monoisotopic (exact) mass is 471 g/mol. The molecule has 170 valence electrons. The van der Waals surface area contributed by atoms with Crippen LogP contribution in [0.15, 0.2) is 87.7 Å². The largest absolute Gasteiger partial charge is 0.497 e. The Labute approximate surface area is 196 Å². The topological polar surface area (TPSA) is 112 Å². The van der Waals surface area contributed by atoms with Gasteiger partial charge in [0, 0.05) is 0 Å². The zero-order valence-electron chi connectivity index (χ0n) is 18.5. The van der Waals surface area contributed by atoms with Crippen molar-refractivity contribution in [2.24, 2.45) is 5.10 Å². The summed E-state index contributed by atoms with van der Waals surface area (Å²) in [7, 11) is -2.52. The second-order valence-electron chi connectivity index (χ2n) is 7.74. The van der Waals surface area contributed by atoms with Crippen LogP contribution in [0.3, 0.4) is 0 Å². The number of nitrogen functional groups attached to an aromatic ring is 1. The summed E-state index contributed by atoms with van der Waals surface area (Å²) in [6.45, 7) is 2.00. The van der Waals surface area contributed by atoms with Crippen LogP contribution < -0.4 is 10.5 Å². The Bertz CT molecular complexity index is 1660. The fraction of sp³-hybridized carbons (Fsp3) is 0.0800. The molecule has 2 N–H and O–H groups in total. The quantitative estimate of drug-likeness (QED) is 0.385. The lowest BCUT2D eigenvalue weighted by atomic mass is 10.2. The number of aryl methyl sites for hydroxylation is 1. The van der Waals surface area contributed by atoms with Gasteiger partial charge in [0.2, 0.25) is 9.84 Å². The Morgan fingerprint density at radius 1 is 0.941 bits per heavy atom. The summed E-state index contributed by atoms with van der Waals surface area (Å²) in [5, 5.41) is 4.48. The van der Waals surface area contributed by atoms with E-state index >= 15 is 0 Å². The molecule has 8 nitrogen and oxygen atoms in total. The van der Waals surface area contributed by atoms with Crippen LogP contribution in [-0.4, -0.2) is 36.4 Å². The van der Waals surface area contributed by atoms with E-state index in [2.05, 4.69) is 15.1 Å². The third-order valence-electron chi connectivity index (χ3n) is 5.47. The average molecular weight is 472 g/mol. The highest BCUT2D eigenvalue weighted by Gasteiger charge is 2.30. The molecular formula is C25H21N5O3S. The zero-order valence-corrected chi connectivity index (χ0v) is 19.3. The zero-order chi connectivity index (χ0) is 23.9. The summed E-state index contributed by atoms with van der Waals surface area (Å²) >= 11 is 0. The summed E-state index contributed by atoms with van der Waals surface area (Å²) in [6, 6.07) is 21.1. The van der Waals surface area contributed by atoms with Gasteiger partial charge in [-0.25, -0.2) is 18.4 Å². The molecule has 0 aliphatic carbocycles. The number of nitrogens with zero attached hydrogens (tertiary/aromatic N) is 4. The number of aromatic nitrogens is 3. The van der Waals surface area contributed by atoms with Crippen molar-refractivity contribution in [3.8, 4) is 5.75 Å². The maximum atomic E-state index is 13.7. The fourth-order valence-corrected chi connectivity index (χ4v) is 5.14. The molecule has 9 heteroatoms. The van der Waals surface area contributed by atoms with Crippen LogP contribution in [0.1, 0.15) is 11.1 Å². The van der Waals surface area contributed by atoms with E-state index in [-0.39, 0.29) is 26.8 Å². The molecule has 0 fully saturated rings. The number of ether oxygens (including phenoxy) is 1. The molecule has 0 bridgehead atoms. The van der Waals surface area contributed by atoms with Crippen LogP contribution >= 0.6 is 0 Å². The molecule has 0 amide bonds. The van der Waals surface area contributed by atoms with Crippen molar-refractivity contribution >= 4 is 44.1 Å². The first-order valence-electron chi connectivity index (χ1n) is 10.5. The van der Waals surface area contributed by atoms with Crippen LogP contribution in [-0.2, 0) is 9.84 Å². The van der Waals surface area contributed by atoms with Gasteiger partial charge >= 0.3 is 0 Å². The van der Waals surface area contributed by atoms with Gasteiger partial charge in [-0.3, -0.25) is 0 Å². The van der Waals surface area contributed by atoms with Crippen LogP contribution in [0.5, 0.6) is 5.75 Å². The minimum absolute atomic E-state index is 0.0653. The maximum absolute atomic E-state index is 13.7. The van der Waals surface area contributed by atoms with Crippen molar-refractivity contribution in [1.82, 2.24) is 14.6 Å². The molecule has 0 saturated carbocycles. The number of benzene rings is 3. The summed E-state index contributed by atoms with van der Waals surface area (Å²) in [5.41, 5.74) is 9.94. The van der Waals surface area contributed by atoms with E-state index in [0.29, 0.717) is 16.8 Å². The van der Waals surface area contributed by atoms with Crippen molar-refractivity contribution in [2.75, 3.05) is 12.8 Å². The molecule has 34 heavy (non-hydrogen) atoms. The van der Waals surface area contributed by atoms with Crippen molar-refractivity contribution in [2.45, 2.75) is 16.7 Å². The van der Waals surface area contributed by atoms with Gasteiger partial charge in [0.15, 0.2) is 5.65 Å². The smallest absolute Gasteiger partial charge is 0.212 e. The predicted octanol–water partition coefficient (Wildman–Crippen LogP) is 4.20. The van der Waals surface area contributed by atoms with E-state index in [1.54, 1.807) is 30.5 Å². The van der Waals surface area contributed by atoms with Gasteiger partial charge in [-0.05, 0) is 48.9 Å². The third-order valence-corrected chi connectivity index (χ3v) is 7.30. The Hall–Kier alpha value is -4.24. The molecule has 3 aromatic carbocycles. The number of para-hydroxylation sites is 2. The summed E-state index contributed by atoms with van der Waals surface area (Å²) in [5.74, 6) is 0.479. The van der Waals surface area contributed by atoms with E-state index < -0.39 is 9.84 Å². The van der Waals surface area contributed by atoms with Crippen molar-refractivity contribution in [1.29, 1.82) is 0 Å². The first kappa shape index (κ1) is 21.6. The molecule has 0 saturated heterocycles. The van der Waals surface area contributed by atoms with Gasteiger partial charge in [-0.2, -0.15) is 9.78 Å². The molecular weight excluding hydrogens is 450 g/mol. The van der Waals surface area contributed by atoms with Gasteiger partial charge in [0.1, 0.15) is 22.0 Å². The van der Waals surface area contributed by atoms with Crippen LogP contribution in [0.25, 0.3) is 22.2 Å². The molecule has 5 rings (SSSR count). The lowest BCUT2D eigenvalue weighted by Crippen LogP contribution is -2.06. The number of nitrogens with two attached hydrogens (primary N) is 1. The Morgan fingerprint density at radius 2 is 1.59 bits per heavy atom. The first-order valence-corrected chi connectivity index (χ1v) is 11.9. The molecule has 0 radical (unpaired) electrons. The van der Waals surface area contributed by atoms with Crippen LogP contribution in [0, 0.1) is 6.92 Å². The minimum atomic E-state index is -4.04. The second-order valence-corrected chi connectivity index (χ2v) is 9.63. The van der Waals surface area contributed by atoms with Crippen LogP contribution in [0.2, 0.25) is 0 Å². The number of sulfone groups is 1. The van der Waals surface area contributed by atoms with Crippen molar-refractivity contribution < 1.29 is 13.2 Å². The Balaban J connectivity index is 1.76. The SMILES string of the molecule is COc1ccc(S(=O)(=O)c2c(N)n(/N=C/c3ccc(C)cc3)c3nc4ccccc4nc23)cc1. The molecule has 0 atom stereocenters. The van der Waals surface area contributed by atoms with Crippen molar-refractivity contribution in [3.05, 3.63) is 83.9 Å². The summed E-state index contributed by atoms with van der Waals surface area (Å²) < 4.78 is 33.8. The molecule has 0 aliphatic heterocycles. The molecule has 5 aromatic rings. The Morgan fingerprint density at radius 3 is 2.24 bits per heavy atom. The average Bonchev–Trinajstić information content (AvgIpc) is 3.12. The number of hydrogen-bond donors (Lipinski definition) is 1. The molecule has 2 aromatic heterocycles. The third kappa shape index (κ3) is 3.65. The molecule has 2 heterocycles. The normalized spacial score (nSPS) is 12.1. The van der Waals surface area contributed by atoms with E-state index in [9.17, 15) is 8.42 Å². The highest BCUT2D eigenvalue weighted by molar-refractivity contribution is 7.92. The highest BCUT2D eigenvalue weighted by atomic mass is 32.2. The van der Waals surface area contributed by atoms with Gasteiger partial charge < -0.3 is 10.5 Å². The first-order chi connectivity index (χ1) is 16.4. The highest BCUT2D eigenvalue weighted by Crippen LogP contribution is 2.35. The van der Waals surface area contributed by atoms with Gasteiger partial charge in [0.25, 0.3) is 0 Å². The van der Waals surface area contributed by atoms with Crippen LogP contribution in [0.4, 0.5) is 5.82 Å². The predicted molar refractivity (Wildman–Crippen MR) is 132 cm³/mol. The summed E-state index contributed by atoms with van der Waals surface area (Å²) in [6.07, 6.45) is 1.61. The minimum Gasteiger partial charge on any atom is -0.497 e. The van der Waals surface area contributed by atoms with Gasteiger partial charge in [-0.1, -0.05) is 42.0 Å². The molecule has 0 spiro atoms. The lowest BCUT2D eigenvalue weighted by molar-refractivity contribution is 0.414. The standard InChI is InChI=1S/C25H21N5O3S/c1-16-7-9-17(10-8-16)15-27-30-24(26)23(34(31,32)19-13-11-18(33-2)12-14-19)22-25(30)29-21-6-4-3-5-20(21)28-22/h3-15H,26H2,1-2H3/b27-15+. The number of fused-ring (bicyclic) bond motifs is 2. The maximum Gasteiger partial charge on any atom is 0.212 e. The van der Waals surface area contributed by atoms with Crippen molar-refractivity contribution in [3.63, 3.8) is 0 Å². The van der Waals surface area contributed by atoms with E-state index in [1.807, 2.05) is 43.3 Å². The number of rotatable bonds is 5. The van der Waals surface area contributed by atoms with E-state index in [1.165, 1.54) is 23.9 Å². The van der Waals surface area contributed by atoms with Gasteiger partial charge in [-0.15, -0.1) is 0 Å². The van der Waals surface area contributed by atoms with E-state index in [4.69, 9.17) is 10.5 Å². The number of methoxy groups -OCH3 is 1. The Kier molecular flexibility index (Phi) is 5.25. The second kappa shape index (κ2) is 8.27. The fourth-order valence-electron chi connectivity index (χ4n) is 3.65. The summed E-state index contributed by atoms with van der Waals surface area (Å²) in [4.78, 5) is 9.19. The molecule has 0 unspecified atom stereocenters.